The number of carboxylic acid groups (broad SMARTS) is 2. The zero-order chi connectivity index (χ0) is 16.5. The summed E-state index contributed by atoms with van der Waals surface area (Å²) in [6.45, 7) is 1.67. The minimum absolute atomic E-state index is 0.0591. The summed E-state index contributed by atoms with van der Waals surface area (Å²) in [4.78, 5) is 33.1. The van der Waals surface area contributed by atoms with E-state index in [0.717, 1.165) is 17.3 Å². The number of alkyl carbamates (subject to hydrolysis) is 1. The van der Waals surface area contributed by atoms with E-state index in [1.807, 2.05) is 6.07 Å². The van der Waals surface area contributed by atoms with E-state index in [1.165, 1.54) is 0 Å². The van der Waals surface area contributed by atoms with Gasteiger partial charge in [0, 0.05) is 5.75 Å². The number of carbonyl (C=O) groups excluding carboxylic acids is 1. The fraction of sp³-hybridized carbons (Fsp3) is 0.357. The summed E-state index contributed by atoms with van der Waals surface area (Å²) in [5, 5.41) is 19.7. The third kappa shape index (κ3) is 6.49. The van der Waals surface area contributed by atoms with E-state index < -0.39 is 30.2 Å². The Labute approximate surface area is 131 Å². The number of hydrogen-bond donors (Lipinski definition) is 3. The van der Waals surface area contributed by atoms with Crippen LogP contribution in [0.25, 0.3) is 0 Å². The average Bonchev–Trinajstić information content (AvgIpc) is 2.46. The number of rotatable bonds is 8. The highest BCUT2D eigenvalue weighted by Crippen LogP contribution is 2.16. The minimum Gasteiger partial charge on any atom is -0.481 e. The zero-order valence-corrected chi connectivity index (χ0v) is 12.7. The molecule has 120 valence electrons. The summed E-state index contributed by atoms with van der Waals surface area (Å²) in [7, 11) is 0. The molecule has 0 fully saturated rings. The molecule has 8 heteroatoms. The Bertz CT molecular complexity index is 521. The summed E-state index contributed by atoms with van der Waals surface area (Å²) in [5.74, 6) is -2.59. The monoisotopic (exact) mass is 327 g/mol. The van der Waals surface area contributed by atoms with Crippen molar-refractivity contribution in [1.82, 2.24) is 5.32 Å². The van der Waals surface area contributed by atoms with Crippen LogP contribution in [0.2, 0.25) is 0 Å². The Balaban J connectivity index is 2.49. The van der Waals surface area contributed by atoms with Crippen molar-refractivity contribution in [2.45, 2.75) is 19.1 Å². The van der Waals surface area contributed by atoms with Crippen molar-refractivity contribution >= 4 is 29.8 Å². The first-order valence-electron chi connectivity index (χ1n) is 6.44. The minimum atomic E-state index is -1.25. The molecule has 1 amide bonds. The average molecular weight is 327 g/mol. The summed E-state index contributed by atoms with van der Waals surface area (Å²) in [5.41, 5.74) is 0.782. The van der Waals surface area contributed by atoms with Gasteiger partial charge in [0.05, 0.1) is 5.75 Å². The number of nitrogens with one attached hydrogen (secondary N) is 1. The van der Waals surface area contributed by atoms with Crippen LogP contribution in [0.1, 0.15) is 18.6 Å². The molecule has 2 atom stereocenters. The molecule has 0 bridgehead atoms. The van der Waals surface area contributed by atoms with E-state index in [9.17, 15) is 14.4 Å². The van der Waals surface area contributed by atoms with Crippen molar-refractivity contribution in [3.05, 3.63) is 35.9 Å². The lowest BCUT2D eigenvalue weighted by atomic mass is 10.1. The van der Waals surface area contributed by atoms with Crippen molar-refractivity contribution in [2.24, 2.45) is 0 Å². The van der Waals surface area contributed by atoms with E-state index in [0.29, 0.717) is 0 Å². The first-order valence-corrected chi connectivity index (χ1v) is 7.60. The molecule has 3 N–H and O–H groups in total. The van der Waals surface area contributed by atoms with Gasteiger partial charge in [0.15, 0.2) is 0 Å². The molecule has 0 aliphatic heterocycles. The van der Waals surface area contributed by atoms with Crippen LogP contribution in [0.3, 0.4) is 0 Å². The zero-order valence-electron chi connectivity index (χ0n) is 11.9. The largest absolute Gasteiger partial charge is 0.481 e. The van der Waals surface area contributed by atoms with Gasteiger partial charge in [-0.1, -0.05) is 30.3 Å². The van der Waals surface area contributed by atoms with Gasteiger partial charge < -0.3 is 20.3 Å². The molecule has 0 saturated carbocycles. The maximum absolute atomic E-state index is 11.7. The van der Waals surface area contributed by atoms with Gasteiger partial charge in [-0.2, -0.15) is 0 Å². The van der Waals surface area contributed by atoms with Gasteiger partial charge in [0.2, 0.25) is 0 Å². The molecule has 1 rings (SSSR count). The van der Waals surface area contributed by atoms with E-state index in [4.69, 9.17) is 14.9 Å². The molecular weight excluding hydrogens is 310 g/mol. The SMILES string of the molecule is CC(OC(=O)NC(CSCC(=O)O)C(=O)O)c1ccccc1. The normalized spacial score (nSPS) is 13.0. The van der Waals surface area contributed by atoms with E-state index in [2.05, 4.69) is 5.32 Å². The second kappa shape index (κ2) is 8.93. The van der Waals surface area contributed by atoms with Crippen LogP contribution >= 0.6 is 11.8 Å². The van der Waals surface area contributed by atoms with Gasteiger partial charge in [0.1, 0.15) is 12.1 Å². The lowest BCUT2D eigenvalue weighted by molar-refractivity contribution is -0.139. The predicted octanol–water partition coefficient (Wildman–Crippen LogP) is 1.74. The van der Waals surface area contributed by atoms with E-state index in [-0.39, 0.29) is 11.5 Å². The van der Waals surface area contributed by atoms with Crippen molar-refractivity contribution in [3.8, 4) is 0 Å². The number of aliphatic carboxylic acids is 2. The highest BCUT2D eigenvalue weighted by Gasteiger charge is 2.22. The number of benzene rings is 1. The Morgan fingerprint density at radius 1 is 1.23 bits per heavy atom. The highest BCUT2D eigenvalue weighted by atomic mass is 32.2. The molecule has 0 heterocycles. The van der Waals surface area contributed by atoms with E-state index in [1.54, 1.807) is 31.2 Å². The highest BCUT2D eigenvalue weighted by molar-refractivity contribution is 8.00. The number of carbonyl (C=O) groups is 3. The van der Waals surface area contributed by atoms with Crippen LogP contribution in [0.5, 0.6) is 0 Å². The molecule has 0 radical (unpaired) electrons. The number of hydrogen-bond acceptors (Lipinski definition) is 5. The van der Waals surface area contributed by atoms with Crippen LogP contribution in [-0.2, 0) is 14.3 Å². The molecule has 0 spiro atoms. The Kier molecular flexibility index (Phi) is 7.24. The lowest BCUT2D eigenvalue weighted by Crippen LogP contribution is -2.43. The third-order valence-corrected chi connectivity index (χ3v) is 3.67. The Morgan fingerprint density at radius 2 is 1.86 bits per heavy atom. The molecule has 0 saturated heterocycles. The maximum atomic E-state index is 11.7. The molecule has 1 aromatic rings. The molecule has 0 aliphatic rings. The smallest absolute Gasteiger partial charge is 0.408 e. The van der Waals surface area contributed by atoms with Gasteiger partial charge >= 0.3 is 18.0 Å². The van der Waals surface area contributed by atoms with Crippen LogP contribution in [0.15, 0.2) is 30.3 Å². The summed E-state index contributed by atoms with van der Waals surface area (Å²) >= 11 is 0.904. The number of ether oxygens (including phenoxy) is 1. The second-order valence-corrected chi connectivity index (χ2v) is 5.43. The number of carboxylic acids is 2. The Hall–Kier alpha value is -2.22. The molecular formula is C14H17NO6S. The second-order valence-electron chi connectivity index (χ2n) is 4.40. The van der Waals surface area contributed by atoms with Crippen LogP contribution < -0.4 is 5.32 Å². The topological polar surface area (TPSA) is 113 Å². The van der Waals surface area contributed by atoms with E-state index >= 15 is 0 Å². The van der Waals surface area contributed by atoms with Crippen LogP contribution in [-0.4, -0.2) is 45.8 Å². The number of thioether (sulfide) groups is 1. The standard InChI is InChI=1S/C14H17NO6S/c1-9(10-5-3-2-4-6-10)21-14(20)15-11(13(18)19)7-22-8-12(16)17/h2-6,9,11H,7-8H2,1H3,(H,15,20)(H,16,17)(H,18,19). The van der Waals surface area contributed by atoms with Crippen molar-refractivity contribution in [1.29, 1.82) is 0 Å². The lowest BCUT2D eigenvalue weighted by Gasteiger charge is -2.17. The molecule has 0 aromatic heterocycles. The van der Waals surface area contributed by atoms with Crippen LogP contribution in [0, 0.1) is 0 Å². The molecule has 7 nitrogen and oxygen atoms in total. The molecule has 1 aromatic carbocycles. The fourth-order valence-electron chi connectivity index (χ4n) is 1.57. The van der Waals surface area contributed by atoms with Gasteiger partial charge in [-0.15, -0.1) is 11.8 Å². The van der Waals surface area contributed by atoms with Gasteiger partial charge in [-0.05, 0) is 12.5 Å². The molecule has 0 aliphatic carbocycles. The summed E-state index contributed by atoms with van der Waals surface area (Å²) < 4.78 is 5.11. The maximum Gasteiger partial charge on any atom is 0.408 e. The van der Waals surface area contributed by atoms with Gasteiger partial charge in [-0.3, -0.25) is 4.79 Å². The quantitative estimate of drug-likeness (QED) is 0.666. The molecule has 22 heavy (non-hydrogen) atoms. The Morgan fingerprint density at radius 3 is 2.41 bits per heavy atom. The van der Waals surface area contributed by atoms with Crippen LogP contribution in [0.4, 0.5) is 4.79 Å². The molecule has 2 unspecified atom stereocenters. The summed E-state index contributed by atoms with van der Waals surface area (Å²) in [6.07, 6.45) is -1.39. The van der Waals surface area contributed by atoms with Gasteiger partial charge in [0.25, 0.3) is 0 Å². The van der Waals surface area contributed by atoms with Crippen molar-refractivity contribution in [2.75, 3.05) is 11.5 Å². The summed E-state index contributed by atoms with van der Waals surface area (Å²) in [6, 6.07) is 7.80. The number of amides is 1. The third-order valence-electron chi connectivity index (χ3n) is 2.65. The van der Waals surface area contributed by atoms with Gasteiger partial charge in [-0.25, -0.2) is 9.59 Å². The first-order chi connectivity index (χ1) is 10.4. The first kappa shape index (κ1) is 17.8. The van der Waals surface area contributed by atoms with Crippen molar-refractivity contribution < 1.29 is 29.3 Å². The fourth-order valence-corrected chi connectivity index (χ4v) is 2.32. The van der Waals surface area contributed by atoms with Crippen molar-refractivity contribution in [3.63, 3.8) is 0 Å². The predicted molar refractivity (Wildman–Crippen MR) is 80.9 cm³/mol.